The Hall–Kier alpha value is -2.55. The molecule has 1 heterocycles. The molecule has 2 aromatic carbocycles. The average molecular weight is 293 g/mol. The van der Waals surface area contributed by atoms with Crippen LogP contribution >= 0.6 is 0 Å². The Balaban J connectivity index is 2.13. The van der Waals surface area contributed by atoms with Crippen LogP contribution in [-0.2, 0) is 6.42 Å². The molecule has 0 spiro atoms. The average Bonchev–Trinajstić information content (AvgIpc) is 2.52. The van der Waals surface area contributed by atoms with E-state index in [1.165, 1.54) is 0 Å². The highest BCUT2D eigenvalue weighted by molar-refractivity contribution is 5.84. The van der Waals surface area contributed by atoms with Gasteiger partial charge in [0.2, 0.25) is 0 Å². The van der Waals surface area contributed by atoms with Crippen LogP contribution in [0.2, 0.25) is 0 Å². The summed E-state index contributed by atoms with van der Waals surface area (Å²) in [5.74, 6) is 0. The van der Waals surface area contributed by atoms with E-state index < -0.39 is 0 Å². The Morgan fingerprint density at radius 3 is 2.45 bits per heavy atom. The smallest absolute Gasteiger partial charge is 0.340 e. The minimum atomic E-state index is -0.246. The van der Waals surface area contributed by atoms with E-state index >= 15 is 0 Å². The maximum Gasteiger partial charge on any atom is 0.340 e. The minimum Gasteiger partial charge on any atom is -0.422 e. The van der Waals surface area contributed by atoms with Crippen LogP contribution in [0.25, 0.3) is 11.0 Å². The molecular formula is C19H19NO2. The van der Waals surface area contributed by atoms with Gasteiger partial charge in [-0.2, -0.15) is 0 Å². The number of hydrogen-bond acceptors (Lipinski definition) is 3. The van der Waals surface area contributed by atoms with E-state index in [-0.39, 0.29) is 5.63 Å². The summed E-state index contributed by atoms with van der Waals surface area (Å²) in [5, 5.41) is 0.996. The third kappa shape index (κ3) is 2.62. The molecule has 0 aliphatic heterocycles. The predicted molar refractivity (Wildman–Crippen MR) is 90.8 cm³/mol. The first kappa shape index (κ1) is 14.4. The lowest BCUT2D eigenvalue weighted by atomic mass is 9.99. The summed E-state index contributed by atoms with van der Waals surface area (Å²) in [7, 11) is 3.94. The summed E-state index contributed by atoms with van der Waals surface area (Å²) in [6, 6.07) is 16.0. The van der Waals surface area contributed by atoms with Crippen LogP contribution in [0.1, 0.15) is 16.7 Å². The van der Waals surface area contributed by atoms with Gasteiger partial charge in [0.05, 0.1) is 0 Å². The molecule has 0 saturated heterocycles. The van der Waals surface area contributed by atoms with Gasteiger partial charge in [-0.1, -0.05) is 30.3 Å². The molecule has 0 atom stereocenters. The van der Waals surface area contributed by atoms with Crippen LogP contribution in [0, 0.1) is 6.92 Å². The molecule has 0 unspecified atom stereocenters. The number of nitrogens with zero attached hydrogens (tertiary/aromatic N) is 1. The summed E-state index contributed by atoms with van der Waals surface area (Å²) in [6.07, 6.45) is 0.598. The summed E-state index contributed by atoms with van der Waals surface area (Å²) in [6.45, 7) is 1.99. The molecule has 0 aliphatic carbocycles. The van der Waals surface area contributed by atoms with Crippen molar-refractivity contribution in [3.05, 3.63) is 75.6 Å². The van der Waals surface area contributed by atoms with Crippen molar-refractivity contribution in [3.63, 3.8) is 0 Å². The molecule has 0 radical (unpaired) electrons. The lowest BCUT2D eigenvalue weighted by molar-refractivity contribution is 0.551. The Labute approximate surface area is 129 Å². The normalized spacial score (nSPS) is 10.9. The molecule has 0 amide bonds. The number of fused-ring (bicyclic) bond motifs is 1. The van der Waals surface area contributed by atoms with Gasteiger partial charge in [-0.15, -0.1) is 0 Å². The minimum absolute atomic E-state index is 0.246. The van der Waals surface area contributed by atoms with E-state index in [9.17, 15) is 4.79 Å². The number of anilines is 1. The Kier molecular flexibility index (Phi) is 3.72. The second-order valence-corrected chi connectivity index (χ2v) is 5.73. The third-order valence-corrected chi connectivity index (χ3v) is 4.01. The van der Waals surface area contributed by atoms with Crippen molar-refractivity contribution in [3.8, 4) is 0 Å². The van der Waals surface area contributed by atoms with Crippen molar-refractivity contribution in [2.45, 2.75) is 13.3 Å². The first-order valence-corrected chi connectivity index (χ1v) is 7.34. The molecule has 0 aliphatic rings. The van der Waals surface area contributed by atoms with Crippen molar-refractivity contribution in [2.24, 2.45) is 0 Å². The van der Waals surface area contributed by atoms with E-state index in [0.29, 0.717) is 12.0 Å². The second-order valence-electron chi connectivity index (χ2n) is 5.73. The van der Waals surface area contributed by atoms with Gasteiger partial charge in [0.1, 0.15) is 5.58 Å². The molecule has 3 aromatic rings. The van der Waals surface area contributed by atoms with Gasteiger partial charge >= 0.3 is 5.63 Å². The third-order valence-electron chi connectivity index (χ3n) is 4.01. The monoisotopic (exact) mass is 293 g/mol. The van der Waals surface area contributed by atoms with E-state index in [1.54, 1.807) is 0 Å². The van der Waals surface area contributed by atoms with Gasteiger partial charge in [0, 0.05) is 43.2 Å². The maximum absolute atomic E-state index is 12.4. The highest BCUT2D eigenvalue weighted by atomic mass is 16.4. The van der Waals surface area contributed by atoms with Crippen LogP contribution in [0.4, 0.5) is 5.69 Å². The molecule has 0 bridgehead atoms. The fraction of sp³-hybridized carbons (Fsp3) is 0.211. The number of aryl methyl sites for hydroxylation is 1. The molecule has 0 N–H and O–H groups in total. The lowest BCUT2D eigenvalue weighted by Gasteiger charge is -2.14. The van der Waals surface area contributed by atoms with Crippen molar-refractivity contribution >= 4 is 16.7 Å². The highest BCUT2D eigenvalue weighted by Crippen LogP contribution is 2.25. The topological polar surface area (TPSA) is 33.5 Å². The zero-order valence-electron chi connectivity index (χ0n) is 13.1. The van der Waals surface area contributed by atoms with Crippen molar-refractivity contribution in [1.29, 1.82) is 0 Å². The summed E-state index contributed by atoms with van der Waals surface area (Å²) in [4.78, 5) is 14.4. The molecule has 0 fully saturated rings. The van der Waals surface area contributed by atoms with Crippen molar-refractivity contribution in [1.82, 2.24) is 0 Å². The van der Waals surface area contributed by atoms with Crippen molar-refractivity contribution in [2.75, 3.05) is 19.0 Å². The predicted octanol–water partition coefficient (Wildman–Crippen LogP) is 3.76. The largest absolute Gasteiger partial charge is 0.422 e. The quantitative estimate of drug-likeness (QED) is 0.689. The fourth-order valence-corrected chi connectivity index (χ4v) is 2.67. The van der Waals surface area contributed by atoms with E-state index in [0.717, 1.165) is 27.8 Å². The van der Waals surface area contributed by atoms with Crippen LogP contribution in [0.5, 0.6) is 0 Å². The number of hydrogen-bond donors (Lipinski definition) is 0. The fourth-order valence-electron chi connectivity index (χ4n) is 2.67. The molecule has 0 saturated carbocycles. The van der Waals surface area contributed by atoms with Crippen molar-refractivity contribution < 1.29 is 4.42 Å². The molecule has 112 valence electrons. The SMILES string of the molecule is Cc1c(Cc2ccccc2)c(=O)oc2cc(N(C)C)ccc12. The second kappa shape index (κ2) is 5.68. The van der Waals surface area contributed by atoms with Gasteiger partial charge in [-0.05, 0) is 30.2 Å². The maximum atomic E-state index is 12.4. The lowest BCUT2D eigenvalue weighted by Crippen LogP contribution is -2.12. The van der Waals surface area contributed by atoms with E-state index in [4.69, 9.17) is 4.42 Å². The van der Waals surface area contributed by atoms with Gasteiger partial charge in [0.25, 0.3) is 0 Å². The van der Waals surface area contributed by atoms with Gasteiger partial charge in [-0.3, -0.25) is 0 Å². The van der Waals surface area contributed by atoms with E-state index in [2.05, 4.69) is 0 Å². The first-order valence-electron chi connectivity index (χ1n) is 7.34. The van der Waals surface area contributed by atoms with Gasteiger partial charge in [-0.25, -0.2) is 4.79 Å². The molecule has 1 aromatic heterocycles. The standard InChI is InChI=1S/C19H19NO2/c1-13-16-10-9-15(20(2)3)12-18(16)22-19(21)17(13)11-14-7-5-4-6-8-14/h4-10,12H,11H2,1-3H3. The molecule has 3 nitrogen and oxygen atoms in total. The zero-order chi connectivity index (χ0) is 15.7. The van der Waals surface area contributed by atoms with Gasteiger partial charge < -0.3 is 9.32 Å². The van der Waals surface area contributed by atoms with Crippen LogP contribution in [0.15, 0.2) is 57.7 Å². The van der Waals surface area contributed by atoms with Crippen LogP contribution < -0.4 is 10.5 Å². The van der Waals surface area contributed by atoms with Crippen LogP contribution in [-0.4, -0.2) is 14.1 Å². The van der Waals surface area contributed by atoms with Crippen LogP contribution in [0.3, 0.4) is 0 Å². The van der Waals surface area contributed by atoms with E-state index in [1.807, 2.05) is 74.4 Å². The molecule has 3 heteroatoms. The number of benzene rings is 2. The highest BCUT2D eigenvalue weighted by Gasteiger charge is 2.12. The Bertz CT molecular complexity index is 864. The summed E-state index contributed by atoms with van der Waals surface area (Å²) >= 11 is 0. The first-order chi connectivity index (χ1) is 10.6. The zero-order valence-corrected chi connectivity index (χ0v) is 13.1. The summed E-state index contributed by atoms with van der Waals surface area (Å²) < 4.78 is 5.55. The number of rotatable bonds is 3. The Morgan fingerprint density at radius 2 is 1.77 bits per heavy atom. The Morgan fingerprint density at radius 1 is 1.05 bits per heavy atom. The van der Waals surface area contributed by atoms with Gasteiger partial charge in [0.15, 0.2) is 0 Å². The molecular weight excluding hydrogens is 274 g/mol. The molecule has 22 heavy (non-hydrogen) atoms. The molecule has 3 rings (SSSR count). The summed E-state index contributed by atoms with van der Waals surface area (Å²) in [5.41, 5.74) is 4.26.